The van der Waals surface area contributed by atoms with Gasteiger partial charge >= 0.3 is 310 Å². The summed E-state index contributed by atoms with van der Waals surface area (Å²) in [5, 5.41) is 13.9. The molecule has 6 bridgehead atoms. The van der Waals surface area contributed by atoms with Crippen LogP contribution in [-0.4, -0.2) is 139 Å². The van der Waals surface area contributed by atoms with Gasteiger partial charge in [-0.15, -0.1) is 0 Å². The fourth-order valence-corrected chi connectivity index (χ4v) is 26.4. The quantitative estimate of drug-likeness (QED) is 0.0188. The fourth-order valence-electron chi connectivity index (χ4n) is 19.2. The van der Waals surface area contributed by atoms with Gasteiger partial charge in [0.1, 0.15) is 6.54 Å². The molecule has 0 saturated carbocycles. The Balaban J connectivity index is 0.695. The Morgan fingerprint density at radius 2 is 1.48 bits per heavy atom. The number of nitrogens with zero attached hydrogens (tertiary/aromatic N) is 6. The summed E-state index contributed by atoms with van der Waals surface area (Å²) in [6, 6.07) is 33.5. The summed E-state index contributed by atoms with van der Waals surface area (Å²) in [7, 11) is -8.26. The van der Waals surface area contributed by atoms with Crippen LogP contribution < -0.4 is 26.2 Å². The van der Waals surface area contributed by atoms with Crippen LogP contribution in [0.15, 0.2) is 181 Å². The maximum absolute atomic E-state index is 14.7. The third kappa shape index (κ3) is 15.8. The van der Waals surface area contributed by atoms with E-state index in [9.17, 15) is 35.5 Å². The SMILES string of the molecule is CCCCCCOC(C)c1c(C)c2[n]3c1=CC1=NC(=Cc4c(C)c5c([n]4[In]3)C(=C3N=C(C=2)C(C)C3CCNCCNC(=O)c2ccc(SC3=C(C=CC4=[N+](CCCCS(=O)(=O)O)c6ccc7ccccc7c6C4(C)C)CCCC3=CC=C3N(CCCCS(=O)(=O)O)c4ccc6ccccc6c4C3(C)C)cc2)CC5=O)C(CC)=C1C. The van der Waals surface area contributed by atoms with Crippen LogP contribution >= 0.6 is 11.8 Å². The molecule has 3 unspecified atom stereocenters. The van der Waals surface area contributed by atoms with E-state index in [1.807, 2.05) is 24.3 Å². The Labute approximate surface area is 688 Å². The Kier molecular flexibility index (Phi) is 23.6. The van der Waals surface area contributed by atoms with Crippen molar-refractivity contribution in [3.63, 3.8) is 0 Å². The maximum atomic E-state index is 14.7. The molecule has 7 aromatic rings. The van der Waals surface area contributed by atoms with Crippen molar-refractivity contribution < 1.29 is 44.8 Å². The van der Waals surface area contributed by atoms with Crippen molar-refractivity contribution in [1.82, 2.24) is 15.7 Å². The number of unbranched alkanes of at least 4 members (excludes halogenated alkanes) is 5. The van der Waals surface area contributed by atoms with Crippen LogP contribution in [0.25, 0.3) is 45.3 Å². The average molecular weight is 1690 g/mol. The minimum absolute atomic E-state index is 0.0508. The normalized spacial score (nSPS) is 19.7. The molecule has 5 aromatic carbocycles. The summed E-state index contributed by atoms with van der Waals surface area (Å²) in [6.07, 6.45) is 26.7. The topological polar surface area (TPSA) is 217 Å². The Morgan fingerprint density at radius 1 is 0.763 bits per heavy atom. The number of rotatable bonds is 30. The summed E-state index contributed by atoms with van der Waals surface area (Å²) in [5.41, 5.74) is 22.7. The molecule has 2 aromatic heterocycles. The van der Waals surface area contributed by atoms with Crippen LogP contribution in [0.5, 0.6) is 0 Å². The molecule has 2 aliphatic carbocycles. The van der Waals surface area contributed by atoms with E-state index in [4.69, 9.17) is 14.7 Å². The molecule has 114 heavy (non-hydrogen) atoms. The van der Waals surface area contributed by atoms with E-state index in [-0.39, 0.29) is 41.1 Å². The van der Waals surface area contributed by atoms with E-state index < -0.39 is 54.5 Å². The second-order valence-electron chi connectivity index (χ2n) is 33.1. The van der Waals surface area contributed by atoms with Gasteiger partial charge in [-0.1, -0.05) is 92.4 Å². The van der Waals surface area contributed by atoms with Gasteiger partial charge in [0.15, 0.2) is 5.71 Å². The van der Waals surface area contributed by atoms with Gasteiger partial charge in [-0.2, -0.15) is 21.4 Å². The number of aliphatic imine (C=N–C) groups is 2. The van der Waals surface area contributed by atoms with Crippen LogP contribution in [-0.2, 0) is 35.8 Å². The number of allylic oxidation sites excluding steroid dienone is 11. The van der Waals surface area contributed by atoms with Gasteiger partial charge in [0.25, 0.3) is 20.2 Å². The van der Waals surface area contributed by atoms with E-state index in [1.165, 1.54) is 73.5 Å². The van der Waals surface area contributed by atoms with Gasteiger partial charge in [-0.3, -0.25) is 13.9 Å². The number of benzene rings is 5. The first-order chi connectivity index (χ1) is 54.6. The number of amides is 1. The summed E-state index contributed by atoms with van der Waals surface area (Å²) in [5.74, 6) is -0.491. The summed E-state index contributed by atoms with van der Waals surface area (Å²) < 4.78 is 81.6. The number of Topliss-reactive ketones (excluding diaryl/α,β-unsaturated/α-hetero) is 1. The van der Waals surface area contributed by atoms with Crippen molar-refractivity contribution in [1.29, 1.82) is 0 Å². The first-order valence-corrected chi connectivity index (χ1v) is 48.1. The summed E-state index contributed by atoms with van der Waals surface area (Å²) in [6.45, 7) is 28.1. The molecule has 8 heterocycles. The second-order valence-corrected chi connectivity index (χ2v) is 41.0. The van der Waals surface area contributed by atoms with Gasteiger partial charge in [0.05, 0.1) is 16.9 Å². The summed E-state index contributed by atoms with van der Waals surface area (Å²) in [4.78, 5) is 44.3. The van der Waals surface area contributed by atoms with Gasteiger partial charge in [-0.05, 0) is 133 Å². The van der Waals surface area contributed by atoms with Gasteiger partial charge in [0.2, 0.25) is 5.69 Å². The molecule has 17 nitrogen and oxygen atoms in total. The first-order valence-electron chi connectivity index (χ1n) is 41.1. The van der Waals surface area contributed by atoms with Crippen molar-refractivity contribution >= 4 is 141 Å². The van der Waals surface area contributed by atoms with Crippen molar-refractivity contribution in [3.05, 3.63) is 227 Å². The second kappa shape index (κ2) is 33.2. The van der Waals surface area contributed by atoms with Gasteiger partial charge in [-0.25, -0.2) is 0 Å². The molecule has 21 heteroatoms. The van der Waals surface area contributed by atoms with Crippen LogP contribution in [0.3, 0.4) is 0 Å². The van der Waals surface area contributed by atoms with E-state index in [1.54, 1.807) is 11.8 Å². The predicted octanol–water partition coefficient (Wildman–Crippen LogP) is 17.4. The molecule has 0 spiro atoms. The molecule has 593 valence electrons. The molecule has 0 fully saturated rings. The molecule has 15 rings (SSSR count). The average Bonchev–Trinajstić information content (AvgIpc) is 1.54. The van der Waals surface area contributed by atoms with Crippen LogP contribution in [0.1, 0.15) is 218 Å². The van der Waals surface area contributed by atoms with Crippen molar-refractivity contribution in [2.75, 3.05) is 55.7 Å². The Morgan fingerprint density at radius 3 is 2.21 bits per heavy atom. The number of hydrogen-bond donors (Lipinski definition) is 4. The number of nitrogens with one attached hydrogen (secondary N) is 2. The third-order valence-corrected chi connectivity index (χ3v) is 32.3. The standard InChI is InChI=1S/C93H108N8O9S3.In/c1-12-14-15-22-50-110-61(7)84-59(5)75-54-74-58(4)69(88(98-74)72-53-81(102)85-60(6)76(99-89(72)85)55-77-68(13-2)57(3)73(96-77)56-78(84)97-75)44-45-94-46-47-95-91(103)66-32-38-67(39-33-66)111-90-64(36-42-82-92(8,9)86-70-30-18-16-26-62(70)34-40-79(86)100(82)48-20-23-51-112(104,105)106)28-25-29-65(90)37-43-83-93(10,11)87-71-31-19-17-27-63(71)35-41-80(87)101(83)49-21-24-52-113(107,108)109;/h16-19,26-27,30-43,54-56,58,61,69,94H,12-15,20-25,28-29,44-53H2,1-11H3,(H4-,95,96,97,98,99,102,103,104,105,106,107,108,109);/q;+2/p-1. The Hall–Kier alpha value is -7.99. The number of hydrogen-bond acceptors (Lipinski definition) is 12. The van der Waals surface area contributed by atoms with E-state index in [0.29, 0.717) is 77.0 Å². The fraction of sp³-hybridized carbons (Fsp3) is 0.409. The molecule has 1 amide bonds. The number of fused-ring (bicyclic) bond motifs is 8. The van der Waals surface area contributed by atoms with E-state index >= 15 is 0 Å². The zero-order valence-corrected chi connectivity index (χ0v) is 73.6. The number of ketones is 1. The third-order valence-electron chi connectivity index (χ3n) is 25.0. The zero-order valence-electron chi connectivity index (χ0n) is 67.8. The molecule has 4 N–H and O–H groups in total. The number of aromatic nitrogens is 2. The zero-order chi connectivity index (χ0) is 80.3. The van der Waals surface area contributed by atoms with Crippen LogP contribution in [0.4, 0.5) is 11.4 Å². The number of thioether (sulfide) groups is 1. The monoisotopic (exact) mass is 1690 g/mol. The molecular formula is C93H107InN8O9S3+. The van der Waals surface area contributed by atoms with E-state index in [0.717, 1.165) is 145 Å². The number of ether oxygens (including phenoxy) is 1. The van der Waals surface area contributed by atoms with Crippen molar-refractivity contribution in [3.8, 4) is 0 Å². The number of carbonyl (C=O) groups excluding carboxylic acids is 2. The molecule has 1 radical (unpaired) electrons. The summed E-state index contributed by atoms with van der Waals surface area (Å²) >= 11 is -0.381. The van der Waals surface area contributed by atoms with Gasteiger partial charge < -0.3 is 4.90 Å². The van der Waals surface area contributed by atoms with Crippen molar-refractivity contribution in [2.24, 2.45) is 21.8 Å². The van der Waals surface area contributed by atoms with Crippen molar-refractivity contribution in [2.45, 2.75) is 188 Å². The molecule has 3 atom stereocenters. The van der Waals surface area contributed by atoms with E-state index in [2.05, 4.69) is 217 Å². The molecule has 6 aliphatic heterocycles. The van der Waals surface area contributed by atoms with Crippen LogP contribution in [0.2, 0.25) is 0 Å². The number of anilines is 1. The van der Waals surface area contributed by atoms with Gasteiger partial charge in [0, 0.05) is 62.8 Å². The first kappa shape index (κ1) is 81.2. The Bertz CT molecular complexity index is 5840. The molecular weight excluding hydrogens is 1580 g/mol. The predicted molar refractivity (Wildman–Crippen MR) is 467 cm³/mol. The molecule has 8 aliphatic rings. The van der Waals surface area contributed by atoms with Crippen LogP contribution in [0, 0.1) is 25.7 Å². The number of carbonyl (C=O) groups is 2. The molecule has 0 saturated heterocycles. The minimum atomic E-state index is -4.13.